The zero-order valence-electron chi connectivity index (χ0n) is 15.1. The summed E-state index contributed by atoms with van der Waals surface area (Å²) in [7, 11) is 1.32. The SMILES string of the molecule is COC(=O)c1ccc(C(O)CCO)cc1.OCCC(O)c1ccc(Br)cc1. The molecule has 0 fully saturated rings. The average Bonchev–Trinajstić information content (AvgIpc) is 2.69. The Hall–Kier alpha value is -1.77. The summed E-state index contributed by atoms with van der Waals surface area (Å²) in [5.41, 5.74) is 1.96. The topological polar surface area (TPSA) is 107 Å². The second kappa shape index (κ2) is 12.6. The molecule has 0 aromatic heterocycles. The lowest BCUT2D eigenvalue weighted by Gasteiger charge is -2.09. The molecule has 148 valence electrons. The van der Waals surface area contributed by atoms with Gasteiger partial charge in [-0.25, -0.2) is 4.79 Å². The molecule has 0 saturated carbocycles. The molecule has 0 saturated heterocycles. The highest BCUT2D eigenvalue weighted by Gasteiger charge is 2.09. The summed E-state index contributed by atoms with van der Waals surface area (Å²) in [5.74, 6) is -0.404. The Morgan fingerprint density at radius 2 is 1.30 bits per heavy atom. The Balaban J connectivity index is 0.000000277. The van der Waals surface area contributed by atoms with Crippen molar-refractivity contribution >= 4 is 21.9 Å². The summed E-state index contributed by atoms with van der Waals surface area (Å²) in [6.45, 7) is -0.0584. The highest BCUT2D eigenvalue weighted by Crippen LogP contribution is 2.19. The van der Waals surface area contributed by atoms with Crippen LogP contribution in [0.4, 0.5) is 0 Å². The number of rotatable bonds is 7. The number of aliphatic hydroxyl groups excluding tert-OH is 4. The molecule has 2 aromatic rings. The van der Waals surface area contributed by atoms with E-state index in [1.165, 1.54) is 7.11 Å². The third kappa shape index (κ3) is 8.19. The van der Waals surface area contributed by atoms with E-state index in [1.54, 1.807) is 24.3 Å². The molecule has 0 heterocycles. The third-order valence-corrected chi connectivity index (χ3v) is 4.31. The number of carbonyl (C=O) groups excluding carboxylic acids is 1. The molecule has 2 unspecified atom stereocenters. The van der Waals surface area contributed by atoms with Crippen LogP contribution in [0.5, 0.6) is 0 Å². The van der Waals surface area contributed by atoms with Crippen molar-refractivity contribution < 1.29 is 30.0 Å². The first-order chi connectivity index (χ1) is 12.9. The van der Waals surface area contributed by atoms with Gasteiger partial charge in [-0.2, -0.15) is 0 Å². The van der Waals surface area contributed by atoms with Crippen LogP contribution in [0.15, 0.2) is 53.0 Å². The minimum Gasteiger partial charge on any atom is -0.465 e. The summed E-state index contributed by atoms with van der Waals surface area (Å²) in [6.07, 6.45) is -0.566. The summed E-state index contributed by atoms with van der Waals surface area (Å²) >= 11 is 3.30. The summed E-state index contributed by atoms with van der Waals surface area (Å²) in [5, 5.41) is 36.2. The van der Waals surface area contributed by atoms with E-state index in [0.29, 0.717) is 17.5 Å². The summed E-state index contributed by atoms with van der Waals surface area (Å²) in [4.78, 5) is 11.1. The zero-order chi connectivity index (χ0) is 20.2. The van der Waals surface area contributed by atoms with E-state index >= 15 is 0 Å². The molecule has 2 aromatic carbocycles. The second-order valence-corrected chi connectivity index (χ2v) is 6.64. The van der Waals surface area contributed by atoms with Crippen LogP contribution in [0.3, 0.4) is 0 Å². The largest absolute Gasteiger partial charge is 0.465 e. The molecule has 0 aliphatic rings. The number of esters is 1. The smallest absolute Gasteiger partial charge is 0.337 e. The first-order valence-electron chi connectivity index (χ1n) is 8.44. The van der Waals surface area contributed by atoms with Crippen LogP contribution >= 0.6 is 15.9 Å². The van der Waals surface area contributed by atoms with Crippen LogP contribution in [0.25, 0.3) is 0 Å². The molecule has 0 amide bonds. The van der Waals surface area contributed by atoms with Crippen molar-refractivity contribution in [3.8, 4) is 0 Å². The highest BCUT2D eigenvalue weighted by atomic mass is 79.9. The molecule has 2 atom stereocenters. The van der Waals surface area contributed by atoms with Crippen LogP contribution in [0, 0.1) is 0 Å². The van der Waals surface area contributed by atoms with Crippen molar-refractivity contribution in [3.63, 3.8) is 0 Å². The number of ether oxygens (including phenoxy) is 1. The second-order valence-electron chi connectivity index (χ2n) is 5.72. The minimum absolute atomic E-state index is 0.0111. The van der Waals surface area contributed by atoms with Gasteiger partial charge >= 0.3 is 5.97 Å². The molecule has 0 radical (unpaired) electrons. The standard InChI is InChI=1S/C11H14O4.C9H11BrO2/c1-15-11(14)9-4-2-8(3-5-9)10(13)6-7-12;10-8-3-1-7(2-4-8)9(12)5-6-11/h2-5,10,12-13H,6-7H2,1H3;1-4,9,11-12H,5-6H2. The van der Waals surface area contributed by atoms with E-state index in [2.05, 4.69) is 20.7 Å². The number of carbonyl (C=O) groups is 1. The molecular formula is C20H25BrO6. The maximum atomic E-state index is 11.1. The van der Waals surface area contributed by atoms with Crippen molar-refractivity contribution in [2.45, 2.75) is 25.0 Å². The maximum absolute atomic E-state index is 11.1. The average molecular weight is 441 g/mol. The molecule has 27 heavy (non-hydrogen) atoms. The lowest BCUT2D eigenvalue weighted by Crippen LogP contribution is -2.03. The van der Waals surface area contributed by atoms with Gasteiger partial charge in [0.2, 0.25) is 0 Å². The normalized spacial score (nSPS) is 12.5. The van der Waals surface area contributed by atoms with E-state index in [-0.39, 0.29) is 19.6 Å². The molecule has 7 heteroatoms. The van der Waals surface area contributed by atoms with Gasteiger partial charge in [-0.05, 0) is 35.4 Å². The van der Waals surface area contributed by atoms with Crippen molar-refractivity contribution in [2.24, 2.45) is 0 Å². The van der Waals surface area contributed by atoms with Gasteiger partial charge in [0.25, 0.3) is 0 Å². The van der Waals surface area contributed by atoms with Gasteiger partial charge in [-0.15, -0.1) is 0 Å². The Morgan fingerprint density at radius 1 is 0.889 bits per heavy atom. The Labute approximate surface area is 167 Å². The molecule has 0 spiro atoms. The van der Waals surface area contributed by atoms with E-state index in [0.717, 1.165) is 10.0 Å². The van der Waals surface area contributed by atoms with E-state index < -0.39 is 18.2 Å². The van der Waals surface area contributed by atoms with Gasteiger partial charge < -0.3 is 25.2 Å². The summed E-state index contributed by atoms with van der Waals surface area (Å²) < 4.78 is 5.53. The van der Waals surface area contributed by atoms with Gasteiger partial charge in [0.15, 0.2) is 0 Å². The maximum Gasteiger partial charge on any atom is 0.337 e. The predicted octanol–water partition coefficient (Wildman–Crippen LogP) is 2.75. The number of benzene rings is 2. The van der Waals surface area contributed by atoms with E-state index in [1.807, 2.05) is 24.3 Å². The molecule has 2 rings (SSSR count). The van der Waals surface area contributed by atoms with Gasteiger partial charge in [0, 0.05) is 30.5 Å². The van der Waals surface area contributed by atoms with Gasteiger partial charge in [-0.3, -0.25) is 0 Å². The molecule has 0 aliphatic heterocycles. The van der Waals surface area contributed by atoms with Crippen molar-refractivity contribution in [1.29, 1.82) is 0 Å². The van der Waals surface area contributed by atoms with E-state index in [9.17, 15) is 15.0 Å². The van der Waals surface area contributed by atoms with Crippen molar-refractivity contribution in [1.82, 2.24) is 0 Å². The fraction of sp³-hybridized carbons (Fsp3) is 0.350. The number of halogens is 1. The molecular weight excluding hydrogens is 416 g/mol. The first-order valence-corrected chi connectivity index (χ1v) is 9.23. The highest BCUT2D eigenvalue weighted by molar-refractivity contribution is 9.10. The lowest BCUT2D eigenvalue weighted by atomic mass is 10.1. The van der Waals surface area contributed by atoms with Gasteiger partial charge in [0.05, 0.1) is 24.9 Å². The van der Waals surface area contributed by atoms with Crippen LogP contribution in [0.1, 0.15) is 46.5 Å². The van der Waals surface area contributed by atoms with E-state index in [4.69, 9.17) is 10.2 Å². The Kier molecular flexibility index (Phi) is 10.8. The minimum atomic E-state index is -0.693. The third-order valence-electron chi connectivity index (χ3n) is 3.78. The van der Waals surface area contributed by atoms with Crippen LogP contribution in [-0.4, -0.2) is 46.7 Å². The molecule has 4 N–H and O–H groups in total. The monoisotopic (exact) mass is 440 g/mol. The quantitative estimate of drug-likeness (QED) is 0.493. The predicted molar refractivity (Wildman–Crippen MR) is 105 cm³/mol. The number of aliphatic hydroxyl groups is 4. The van der Waals surface area contributed by atoms with Crippen LogP contribution < -0.4 is 0 Å². The number of methoxy groups -OCH3 is 1. The van der Waals surface area contributed by atoms with Crippen molar-refractivity contribution in [3.05, 3.63) is 69.7 Å². The van der Waals surface area contributed by atoms with Gasteiger partial charge in [-0.1, -0.05) is 40.2 Å². The summed E-state index contributed by atoms with van der Waals surface area (Å²) in [6, 6.07) is 13.9. The zero-order valence-corrected chi connectivity index (χ0v) is 16.7. The van der Waals surface area contributed by atoms with Gasteiger partial charge in [0.1, 0.15) is 0 Å². The Bertz CT molecular complexity index is 672. The van der Waals surface area contributed by atoms with Crippen molar-refractivity contribution in [2.75, 3.05) is 20.3 Å². The molecule has 6 nitrogen and oxygen atoms in total. The first kappa shape index (κ1) is 23.3. The lowest BCUT2D eigenvalue weighted by molar-refractivity contribution is 0.0600. The molecule has 0 aliphatic carbocycles. The molecule has 0 bridgehead atoms. The van der Waals surface area contributed by atoms with Crippen LogP contribution in [-0.2, 0) is 4.74 Å². The Morgan fingerprint density at radius 3 is 1.67 bits per heavy atom. The van der Waals surface area contributed by atoms with Crippen LogP contribution in [0.2, 0.25) is 0 Å². The fourth-order valence-corrected chi connectivity index (χ4v) is 2.49. The number of hydrogen-bond acceptors (Lipinski definition) is 6. The fourth-order valence-electron chi connectivity index (χ4n) is 2.22. The number of hydrogen-bond donors (Lipinski definition) is 4.